The van der Waals surface area contributed by atoms with Crippen LogP contribution in [-0.2, 0) is 20.7 Å². The fourth-order valence-electron chi connectivity index (χ4n) is 3.62. The number of aliphatic hydroxyl groups excluding tert-OH is 2. The minimum Gasteiger partial charge on any atom is -0.507 e. The number of nitro benzene ring substituents is 1. The molecular formula is C23H24N2O7. The molecule has 9 heteroatoms. The second kappa shape index (κ2) is 10.2. The Balaban J connectivity index is 2.05. The molecule has 0 radical (unpaired) electrons. The van der Waals surface area contributed by atoms with Gasteiger partial charge in [-0.2, -0.15) is 0 Å². The molecule has 1 amide bonds. The van der Waals surface area contributed by atoms with Crippen molar-refractivity contribution in [1.29, 1.82) is 0 Å². The molecule has 2 aromatic rings. The topological polar surface area (TPSA) is 130 Å². The summed E-state index contributed by atoms with van der Waals surface area (Å²) in [5.41, 5.74) is 1.67. The Morgan fingerprint density at radius 3 is 2.31 bits per heavy atom. The molecule has 3 rings (SSSR count). The number of ketones is 1. The van der Waals surface area contributed by atoms with E-state index in [0.29, 0.717) is 5.56 Å². The van der Waals surface area contributed by atoms with Crippen LogP contribution in [0.15, 0.2) is 54.1 Å². The summed E-state index contributed by atoms with van der Waals surface area (Å²) in [5, 5.41) is 30.7. The number of aryl methyl sites for hydroxylation is 1. The van der Waals surface area contributed by atoms with E-state index in [-0.39, 0.29) is 43.2 Å². The van der Waals surface area contributed by atoms with Crippen LogP contribution in [0.25, 0.3) is 5.76 Å². The molecule has 1 saturated heterocycles. The molecule has 0 spiro atoms. The van der Waals surface area contributed by atoms with Crippen LogP contribution >= 0.6 is 0 Å². The van der Waals surface area contributed by atoms with Crippen molar-refractivity contribution in [1.82, 2.24) is 4.90 Å². The highest BCUT2D eigenvalue weighted by atomic mass is 16.6. The fourth-order valence-corrected chi connectivity index (χ4v) is 3.62. The van der Waals surface area contributed by atoms with E-state index in [2.05, 4.69) is 0 Å². The molecule has 0 aliphatic carbocycles. The van der Waals surface area contributed by atoms with Gasteiger partial charge >= 0.3 is 0 Å². The number of aliphatic hydroxyl groups is 2. The van der Waals surface area contributed by atoms with Crippen LogP contribution in [0.1, 0.15) is 29.7 Å². The Labute approximate surface area is 184 Å². The number of benzene rings is 2. The zero-order valence-electron chi connectivity index (χ0n) is 17.6. The third-order valence-corrected chi connectivity index (χ3v) is 5.31. The summed E-state index contributed by atoms with van der Waals surface area (Å²) in [5.74, 6) is -2.01. The van der Waals surface area contributed by atoms with E-state index in [1.54, 1.807) is 12.1 Å². The molecule has 1 aliphatic heterocycles. The molecule has 1 heterocycles. The van der Waals surface area contributed by atoms with E-state index in [0.717, 1.165) is 12.0 Å². The van der Waals surface area contributed by atoms with E-state index in [1.807, 2.05) is 19.1 Å². The second-order valence-electron chi connectivity index (χ2n) is 7.23. The lowest BCUT2D eigenvalue weighted by Crippen LogP contribution is -2.33. The molecule has 1 fully saturated rings. The van der Waals surface area contributed by atoms with Crippen LogP contribution in [0.5, 0.6) is 0 Å². The molecule has 0 unspecified atom stereocenters. The van der Waals surface area contributed by atoms with E-state index in [9.17, 15) is 24.8 Å². The summed E-state index contributed by atoms with van der Waals surface area (Å²) in [7, 11) is 0. The Kier molecular flexibility index (Phi) is 7.34. The Bertz CT molecular complexity index is 1030. The van der Waals surface area contributed by atoms with Crippen LogP contribution in [-0.4, -0.2) is 58.1 Å². The molecule has 0 saturated carbocycles. The summed E-state index contributed by atoms with van der Waals surface area (Å²) in [6.45, 7) is 2.13. The minimum atomic E-state index is -0.840. The van der Waals surface area contributed by atoms with Gasteiger partial charge in [-0.3, -0.25) is 19.7 Å². The van der Waals surface area contributed by atoms with E-state index in [1.165, 1.54) is 29.2 Å². The van der Waals surface area contributed by atoms with E-state index >= 15 is 0 Å². The molecule has 0 bridgehead atoms. The first-order valence-electron chi connectivity index (χ1n) is 10.2. The average molecular weight is 440 g/mol. The van der Waals surface area contributed by atoms with Crippen molar-refractivity contribution in [3.8, 4) is 0 Å². The fraction of sp³-hybridized carbons (Fsp3) is 0.304. The number of ether oxygens (including phenoxy) is 1. The summed E-state index contributed by atoms with van der Waals surface area (Å²) in [4.78, 5) is 37.4. The first-order valence-corrected chi connectivity index (χ1v) is 10.2. The van der Waals surface area contributed by atoms with Gasteiger partial charge in [-0.05, 0) is 29.7 Å². The number of nitro groups is 1. The lowest BCUT2D eigenvalue weighted by atomic mass is 9.94. The van der Waals surface area contributed by atoms with Crippen molar-refractivity contribution < 1.29 is 29.5 Å². The lowest BCUT2D eigenvalue weighted by Gasteiger charge is -2.25. The van der Waals surface area contributed by atoms with Gasteiger partial charge in [0.15, 0.2) is 0 Å². The maximum absolute atomic E-state index is 12.9. The standard InChI is InChI=1S/C23H24N2O7/c1-2-15-3-5-16(6-4-15)20-19(21(27)17-7-9-18(10-8-17)25(30)31)22(28)23(29)24(20)11-13-32-14-12-26/h3-10,20,26-27H,2,11-14H2,1H3/t20-/m1/s1. The predicted molar refractivity (Wildman–Crippen MR) is 116 cm³/mol. The normalized spacial score (nSPS) is 17.7. The molecule has 2 aromatic carbocycles. The summed E-state index contributed by atoms with van der Waals surface area (Å²) >= 11 is 0. The zero-order valence-corrected chi connectivity index (χ0v) is 17.6. The number of hydrogen-bond donors (Lipinski definition) is 2. The van der Waals surface area contributed by atoms with Gasteiger partial charge in [-0.1, -0.05) is 31.2 Å². The molecule has 1 aliphatic rings. The van der Waals surface area contributed by atoms with Gasteiger partial charge in [0.05, 0.1) is 36.4 Å². The number of likely N-dealkylation sites (tertiary alicyclic amines) is 1. The van der Waals surface area contributed by atoms with Gasteiger partial charge in [0, 0.05) is 24.2 Å². The van der Waals surface area contributed by atoms with Gasteiger partial charge in [0.25, 0.3) is 17.4 Å². The first kappa shape index (κ1) is 23.1. The highest BCUT2D eigenvalue weighted by Crippen LogP contribution is 2.39. The van der Waals surface area contributed by atoms with Gasteiger partial charge in [0.2, 0.25) is 0 Å². The number of carbonyl (C=O) groups excluding carboxylic acids is 2. The van der Waals surface area contributed by atoms with Crippen molar-refractivity contribution in [3.63, 3.8) is 0 Å². The molecule has 32 heavy (non-hydrogen) atoms. The van der Waals surface area contributed by atoms with Crippen LogP contribution in [0.2, 0.25) is 0 Å². The van der Waals surface area contributed by atoms with Crippen LogP contribution in [0.4, 0.5) is 5.69 Å². The van der Waals surface area contributed by atoms with Crippen LogP contribution in [0, 0.1) is 10.1 Å². The predicted octanol–water partition coefficient (Wildman–Crippen LogP) is 2.59. The third-order valence-electron chi connectivity index (χ3n) is 5.31. The number of hydrogen-bond acceptors (Lipinski definition) is 7. The van der Waals surface area contributed by atoms with E-state index < -0.39 is 28.4 Å². The summed E-state index contributed by atoms with van der Waals surface area (Å²) in [6.07, 6.45) is 0.818. The van der Waals surface area contributed by atoms with Gasteiger partial charge < -0.3 is 19.8 Å². The maximum Gasteiger partial charge on any atom is 0.295 e. The monoisotopic (exact) mass is 440 g/mol. The quantitative estimate of drug-likeness (QED) is 0.153. The van der Waals surface area contributed by atoms with Gasteiger partial charge in [-0.25, -0.2) is 0 Å². The number of amides is 1. The lowest BCUT2D eigenvalue weighted by molar-refractivity contribution is -0.384. The highest BCUT2D eigenvalue weighted by Gasteiger charge is 2.45. The third kappa shape index (κ3) is 4.68. The van der Waals surface area contributed by atoms with Crippen molar-refractivity contribution in [2.24, 2.45) is 0 Å². The number of Topliss-reactive ketones (excluding diaryl/α,β-unsaturated/α-hetero) is 1. The number of rotatable bonds is 9. The molecular weight excluding hydrogens is 416 g/mol. The van der Waals surface area contributed by atoms with Crippen molar-refractivity contribution >= 4 is 23.1 Å². The number of non-ortho nitro benzene ring substituents is 1. The zero-order chi connectivity index (χ0) is 23.3. The van der Waals surface area contributed by atoms with E-state index in [4.69, 9.17) is 9.84 Å². The van der Waals surface area contributed by atoms with Crippen molar-refractivity contribution in [3.05, 3.63) is 80.9 Å². The van der Waals surface area contributed by atoms with Gasteiger partial charge in [0.1, 0.15) is 5.76 Å². The average Bonchev–Trinajstić information content (AvgIpc) is 3.06. The first-order chi connectivity index (χ1) is 15.4. The smallest absolute Gasteiger partial charge is 0.295 e. The number of carbonyl (C=O) groups is 2. The number of nitrogens with zero attached hydrogens (tertiary/aromatic N) is 2. The Hall–Kier alpha value is -3.56. The molecule has 9 nitrogen and oxygen atoms in total. The van der Waals surface area contributed by atoms with Crippen LogP contribution < -0.4 is 0 Å². The largest absolute Gasteiger partial charge is 0.507 e. The van der Waals surface area contributed by atoms with Crippen molar-refractivity contribution in [2.75, 3.05) is 26.4 Å². The summed E-state index contributed by atoms with van der Waals surface area (Å²) < 4.78 is 5.27. The molecule has 0 aromatic heterocycles. The molecule has 1 atom stereocenters. The van der Waals surface area contributed by atoms with Crippen molar-refractivity contribution in [2.45, 2.75) is 19.4 Å². The van der Waals surface area contributed by atoms with Gasteiger partial charge in [-0.15, -0.1) is 0 Å². The van der Waals surface area contributed by atoms with Crippen LogP contribution in [0.3, 0.4) is 0 Å². The minimum absolute atomic E-state index is 0.0851. The molecule has 168 valence electrons. The highest BCUT2D eigenvalue weighted by molar-refractivity contribution is 6.46. The molecule has 2 N–H and O–H groups in total. The maximum atomic E-state index is 12.9. The summed E-state index contributed by atoms with van der Waals surface area (Å²) in [6, 6.07) is 11.7. The Morgan fingerprint density at radius 1 is 1.09 bits per heavy atom. The Morgan fingerprint density at radius 2 is 1.75 bits per heavy atom. The second-order valence-corrected chi connectivity index (χ2v) is 7.23. The SMILES string of the molecule is CCc1ccc([C@@H]2C(=C(O)c3ccc([N+](=O)[O-])cc3)C(=O)C(=O)N2CCOCCO)cc1.